The summed E-state index contributed by atoms with van der Waals surface area (Å²) in [5.41, 5.74) is -0.0424. The zero-order valence-corrected chi connectivity index (χ0v) is 15.5. The number of nitrogens with zero attached hydrogens (tertiary/aromatic N) is 3. The van der Waals surface area contributed by atoms with Gasteiger partial charge in [-0.3, -0.25) is 19.3 Å². The van der Waals surface area contributed by atoms with E-state index in [1.54, 1.807) is 36.1 Å². The molecule has 3 aliphatic heterocycles. The van der Waals surface area contributed by atoms with Crippen molar-refractivity contribution in [1.29, 1.82) is 0 Å². The Hall–Kier alpha value is -2.94. The summed E-state index contributed by atoms with van der Waals surface area (Å²) in [5.74, 6) is -2.05. The second-order valence-corrected chi connectivity index (χ2v) is 7.37. The van der Waals surface area contributed by atoms with Gasteiger partial charge in [0.2, 0.25) is 11.8 Å². The summed E-state index contributed by atoms with van der Waals surface area (Å²) >= 11 is 0. The van der Waals surface area contributed by atoms with Gasteiger partial charge in [-0.25, -0.2) is 4.79 Å². The molecule has 3 heterocycles. The van der Waals surface area contributed by atoms with Gasteiger partial charge in [-0.2, -0.15) is 0 Å². The van der Waals surface area contributed by atoms with Crippen LogP contribution in [0.2, 0.25) is 0 Å². The summed E-state index contributed by atoms with van der Waals surface area (Å²) in [6.45, 7) is 1.78. The van der Waals surface area contributed by atoms with E-state index in [2.05, 4.69) is 0 Å². The first-order valence-corrected chi connectivity index (χ1v) is 9.18. The van der Waals surface area contributed by atoms with Crippen molar-refractivity contribution in [2.75, 3.05) is 31.2 Å². The average molecular weight is 387 g/mol. The lowest BCUT2D eigenvalue weighted by Crippen LogP contribution is -2.65. The highest BCUT2D eigenvalue weighted by atomic mass is 16.5. The van der Waals surface area contributed by atoms with E-state index in [1.165, 1.54) is 9.80 Å². The number of carboxylic acids is 1. The standard InChI is InChI=1S/C19H21N3O6/c1-19-7-6-15(23)22(19)13-5-3-2-4-12(13)17(25)21(19)10-16(24)20-8-9-28-11-14(20)18(26)27/h2-5,14H,6-11H2,1H3,(H,26,27). The highest BCUT2D eigenvalue weighted by Gasteiger charge is 2.53. The van der Waals surface area contributed by atoms with Crippen LogP contribution in [-0.4, -0.2) is 76.6 Å². The number of rotatable bonds is 3. The van der Waals surface area contributed by atoms with E-state index in [1.807, 2.05) is 0 Å². The van der Waals surface area contributed by atoms with Gasteiger partial charge in [-0.1, -0.05) is 12.1 Å². The first-order valence-electron chi connectivity index (χ1n) is 9.18. The van der Waals surface area contributed by atoms with Crippen LogP contribution in [0.15, 0.2) is 24.3 Å². The van der Waals surface area contributed by atoms with Gasteiger partial charge in [0.05, 0.1) is 24.5 Å². The molecule has 1 N–H and O–H groups in total. The molecule has 28 heavy (non-hydrogen) atoms. The molecule has 2 atom stereocenters. The van der Waals surface area contributed by atoms with E-state index in [0.717, 1.165) is 0 Å². The average Bonchev–Trinajstić information content (AvgIpc) is 3.00. The minimum absolute atomic E-state index is 0.0836. The molecule has 0 radical (unpaired) electrons. The van der Waals surface area contributed by atoms with Gasteiger partial charge in [-0.15, -0.1) is 0 Å². The summed E-state index contributed by atoms with van der Waals surface area (Å²) in [7, 11) is 0. The van der Waals surface area contributed by atoms with Crippen molar-refractivity contribution in [2.45, 2.75) is 31.5 Å². The molecule has 2 fully saturated rings. The molecule has 148 valence electrons. The smallest absolute Gasteiger partial charge is 0.328 e. The molecule has 1 aromatic carbocycles. The van der Waals surface area contributed by atoms with E-state index in [0.29, 0.717) is 17.7 Å². The van der Waals surface area contributed by atoms with Crippen molar-refractivity contribution in [3.8, 4) is 0 Å². The zero-order chi connectivity index (χ0) is 20.1. The van der Waals surface area contributed by atoms with E-state index in [4.69, 9.17) is 4.74 Å². The molecule has 2 saturated heterocycles. The van der Waals surface area contributed by atoms with E-state index in [9.17, 15) is 24.3 Å². The molecule has 4 rings (SSSR count). The number of para-hydroxylation sites is 1. The minimum atomic E-state index is -1.15. The number of morpholine rings is 1. The van der Waals surface area contributed by atoms with Crippen molar-refractivity contribution in [2.24, 2.45) is 0 Å². The van der Waals surface area contributed by atoms with Gasteiger partial charge in [0, 0.05) is 13.0 Å². The van der Waals surface area contributed by atoms with Crippen LogP contribution in [0.5, 0.6) is 0 Å². The SMILES string of the molecule is CC12CCC(=O)N1c1ccccc1C(=O)N2CC(=O)N1CCOCC1C(=O)O. The number of benzene rings is 1. The predicted molar refractivity (Wildman–Crippen MR) is 96.6 cm³/mol. The first-order chi connectivity index (χ1) is 13.3. The second-order valence-electron chi connectivity index (χ2n) is 7.37. The van der Waals surface area contributed by atoms with E-state index < -0.39 is 23.6 Å². The summed E-state index contributed by atoms with van der Waals surface area (Å²) in [6.07, 6.45) is 0.683. The summed E-state index contributed by atoms with van der Waals surface area (Å²) in [6, 6.07) is 5.76. The number of hydrogen-bond acceptors (Lipinski definition) is 5. The van der Waals surface area contributed by atoms with Gasteiger partial charge >= 0.3 is 5.97 Å². The van der Waals surface area contributed by atoms with Crippen molar-refractivity contribution < 1.29 is 29.0 Å². The highest BCUT2D eigenvalue weighted by Crippen LogP contribution is 2.43. The van der Waals surface area contributed by atoms with Crippen molar-refractivity contribution in [3.05, 3.63) is 29.8 Å². The van der Waals surface area contributed by atoms with Crippen LogP contribution in [0.4, 0.5) is 5.69 Å². The zero-order valence-electron chi connectivity index (χ0n) is 15.5. The van der Waals surface area contributed by atoms with Crippen LogP contribution in [-0.2, 0) is 19.1 Å². The fraction of sp³-hybridized carbons (Fsp3) is 0.474. The maximum atomic E-state index is 13.2. The lowest BCUT2D eigenvalue weighted by molar-refractivity contribution is -0.159. The fourth-order valence-corrected chi connectivity index (χ4v) is 4.27. The number of carbonyl (C=O) groups is 4. The molecule has 0 aromatic heterocycles. The Bertz CT molecular complexity index is 871. The van der Waals surface area contributed by atoms with Crippen molar-refractivity contribution >= 4 is 29.4 Å². The normalized spacial score (nSPS) is 26.9. The Labute approximate surface area is 161 Å². The fourth-order valence-electron chi connectivity index (χ4n) is 4.27. The van der Waals surface area contributed by atoms with Crippen LogP contribution >= 0.6 is 0 Å². The molecule has 1 aromatic rings. The monoisotopic (exact) mass is 387 g/mol. The third-order valence-corrected chi connectivity index (χ3v) is 5.77. The second kappa shape index (κ2) is 6.59. The van der Waals surface area contributed by atoms with Crippen LogP contribution < -0.4 is 4.90 Å². The Morgan fingerprint density at radius 2 is 2.04 bits per heavy atom. The number of carboxylic acid groups (broad SMARTS) is 1. The highest BCUT2D eigenvalue weighted by molar-refractivity contribution is 6.11. The third kappa shape index (κ3) is 2.65. The third-order valence-electron chi connectivity index (χ3n) is 5.77. The van der Waals surface area contributed by atoms with Gasteiger partial charge in [0.25, 0.3) is 5.91 Å². The largest absolute Gasteiger partial charge is 0.480 e. The Balaban J connectivity index is 1.67. The van der Waals surface area contributed by atoms with E-state index >= 15 is 0 Å². The number of aliphatic carboxylic acids is 1. The van der Waals surface area contributed by atoms with Crippen molar-refractivity contribution in [3.63, 3.8) is 0 Å². The predicted octanol–water partition coefficient (Wildman–Crippen LogP) is 0.297. The van der Waals surface area contributed by atoms with Gasteiger partial charge in [0.15, 0.2) is 6.04 Å². The number of ether oxygens (including phenoxy) is 1. The Morgan fingerprint density at radius 1 is 1.29 bits per heavy atom. The number of amides is 3. The molecule has 0 bridgehead atoms. The molecule has 0 aliphatic carbocycles. The molecule has 2 unspecified atom stereocenters. The molecule has 3 amide bonds. The molecule has 0 spiro atoms. The molecule has 9 nitrogen and oxygen atoms in total. The maximum Gasteiger partial charge on any atom is 0.328 e. The summed E-state index contributed by atoms with van der Waals surface area (Å²) < 4.78 is 5.18. The molecular weight excluding hydrogens is 366 g/mol. The lowest BCUT2D eigenvalue weighted by atomic mass is 9.98. The van der Waals surface area contributed by atoms with Gasteiger partial charge < -0.3 is 19.6 Å². The maximum absolute atomic E-state index is 13.2. The van der Waals surface area contributed by atoms with Crippen molar-refractivity contribution in [1.82, 2.24) is 9.80 Å². The Morgan fingerprint density at radius 3 is 2.79 bits per heavy atom. The number of fused-ring (bicyclic) bond motifs is 3. The number of carbonyl (C=O) groups excluding carboxylic acids is 3. The molecule has 9 heteroatoms. The summed E-state index contributed by atoms with van der Waals surface area (Å²) in [5, 5.41) is 9.37. The number of anilines is 1. The quantitative estimate of drug-likeness (QED) is 0.799. The van der Waals surface area contributed by atoms with Crippen LogP contribution in [0.3, 0.4) is 0 Å². The topological polar surface area (TPSA) is 107 Å². The van der Waals surface area contributed by atoms with Crippen LogP contribution in [0.1, 0.15) is 30.1 Å². The molecule has 3 aliphatic rings. The van der Waals surface area contributed by atoms with Gasteiger partial charge in [0.1, 0.15) is 12.2 Å². The Kier molecular flexibility index (Phi) is 4.34. The molecular formula is C19H21N3O6. The lowest BCUT2D eigenvalue weighted by Gasteiger charge is -2.49. The summed E-state index contributed by atoms with van der Waals surface area (Å²) in [4.78, 5) is 54.4. The number of hydrogen-bond donors (Lipinski definition) is 1. The molecule has 0 saturated carbocycles. The first kappa shape index (κ1) is 18.4. The minimum Gasteiger partial charge on any atom is -0.480 e. The van der Waals surface area contributed by atoms with Crippen LogP contribution in [0.25, 0.3) is 0 Å². The van der Waals surface area contributed by atoms with E-state index in [-0.39, 0.29) is 44.5 Å². The van der Waals surface area contributed by atoms with Crippen LogP contribution in [0, 0.1) is 0 Å². The van der Waals surface area contributed by atoms with Gasteiger partial charge in [-0.05, 0) is 25.5 Å².